The van der Waals surface area contributed by atoms with Crippen LogP contribution in [0.3, 0.4) is 0 Å². The van der Waals surface area contributed by atoms with Crippen LogP contribution in [0.4, 0.5) is 5.69 Å². The fourth-order valence-corrected chi connectivity index (χ4v) is 4.99. The molecule has 0 saturated heterocycles. The number of aliphatic hydroxyl groups excluding tert-OH is 1. The number of carboxylic acids is 1. The minimum Gasteiger partial charge on any atom is -0.480 e. The van der Waals surface area contributed by atoms with Crippen LogP contribution in [0.15, 0.2) is 29.2 Å². The largest absolute Gasteiger partial charge is 0.480 e. The third kappa shape index (κ3) is 9.14. The van der Waals surface area contributed by atoms with Crippen LogP contribution in [-0.4, -0.2) is 45.3 Å². The van der Waals surface area contributed by atoms with Gasteiger partial charge in [-0.2, -0.15) is 0 Å². The maximum absolute atomic E-state index is 10.8. The van der Waals surface area contributed by atoms with Crippen molar-refractivity contribution in [2.45, 2.75) is 100 Å². The fraction of sp³-hybridized carbons (Fsp3) is 0.682. The van der Waals surface area contributed by atoms with E-state index in [-0.39, 0.29) is 10.6 Å². The Labute approximate surface area is 188 Å². The summed E-state index contributed by atoms with van der Waals surface area (Å²) in [5, 5.41) is 32.7. The zero-order chi connectivity index (χ0) is 22.6. The van der Waals surface area contributed by atoms with Crippen molar-refractivity contribution in [1.29, 1.82) is 0 Å². The van der Waals surface area contributed by atoms with Crippen LogP contribution >= 0.6 is 11.9 Å². The number of benzene rings is 1. The van der Waals surface area contributed by atoms with Gasteiger partial charge in [0.15, 0.2) is 0 Å². The second-order valence-corrected chi connectivity index (χ2v) is 9.22. The SMILES string of the molecule is C1CCC(NC2CCCCC2)CC1.CC(O)C(NSc1ccccc1[N+](=O)[O-])C(=O)O. The van der Waals surface area contributed by atoms with Gasteiger partial charge in [-0.15, -0.1) is 0 Å². The van der Waals surface area contributed by atoms with Crippen LogP contribution in [0.5, 0.6) is 0 Å². The Morgan fingerprint density at radius 1 is 1.06 bits per heavy atom. The smallest absolute Gasteiger partial charge is 0.324 e. The highest BCUT2D eigenvalue weighted by Crippen LogP contribution is 2.27. The first-order valence-corrected chi connectivity index (χ1v) is 12.0. The van der Waals surface area contributed by atoms with Gasteiger partial charge in [0.05, 0.1) is 11.0 Å². The van der Waals surface area contributed by atoms with Gasteiger partial charge in [-0.1, -0.05) is 50.7 Å². The number of carboxylic acid groups (broad SMARTS) is 1. The lowest BCUT2D eigenvalue weighted by molar-refractivity contribution is -0.387. The number of nitrogens with one attached hydrogen (secondary N) is 2. The average molecular weight is 454 g/mol. The molecule has 2 fully saturated rings. The van der Waals surface area contributed by atoms with Crippen molar-refractivity contribution in [3.05, 3.63) is 34.4 Å². The molecule has 1 aromatic rings. The molecule has 8 nitrogen and oxygen atoms in total. The number of aliphatic hydroxyl groups is 1. The van der Waals surface area contributed by atoms with Crippen LogP contribution in [-0.2, 0) is 4.79 Å². The number of hydrogen-bond donors (Lipinski definition) is 4. The average Bonchev–Trinajstić information content (AvgIpc) is 2.75. The molecule has 2 saturated carbocycles. The quantitative estimate of drug-likeness (QED) is 0.261. The van der Waals surface area contributed by atoms with Crippen molar-refractivity contribution in [3.63, 3.8) is 0 Å². The van der Waals surface area contributed by atoms with Crippen molar-refractivity contribution < 1.29 is 19.9 Å². The summed E-state index contributed by atoms with van der Waals surface area (Å²) in [5.74, 6) is -1.23. The molecule has 2 aliphatic carbocycles. The van der Waals surface area contributed by atoms with Gasteiger partial charge in [0, 0.05) is 18.2 Å². The number of aliphatic carboxylic acids is 1. The third-order valence-corrected chi connectivity index (χ3v) is 6.72. The van der Waals surface area contributed by atoms with Crippen molar-refractivity contribution in [3.8, 4) is 0 Å². The molecule has 0 radical (unpaired) electrons. The van der Waals surface area contributed by atoms with Gasteiger partial charge in [0.25, 0.3) is 5.69 Å². The van der Waals surface area contributed by atoms with Crippen LogP contribution < -0.4 is 10.0 Å². The van der Waals surface area contributed by atoms with E-state index in [1.54, 1.807) is 6.07 Å². The van der Waals surface area contributed by atoms with Gasteiger partial charge in [0.1, 0.15) is 10.9 Å². The van der Waals surface area contributed by atoms with E-state index < -0.39 is 23.0 Å². The third-order valence-electron chi connectivity index (χ3n) is 5.79. The van der Waals surface area contributed by atoms with Crippen molar-refractivity contribution in [2.75, 3.05) is 0 Å². The van der Waals surface area contributed by atoms with Crippen molar-refractivity contribution in [2.24, 2.45) is 0 Å². The summed E-state index contributed by atoms with van der Waals surface area (Å²) < 4.78 is 2.49. The van der Waals surface area contributed by atoms with Crippen LogP contribution in [0.2, 0.25) is 0 Å². The number of carbonyl (C=O) groups is 1. The summed E-state index contributed by atoms with van der Waals surface area (Å²) in [6.07, 6.45) is 13.5. The monoisotopic (exact) mass is 453 g/mol. The molecular weight excluding hydrogens is 418 g/mol. The molecular formula is C22H35N3O5S. The number of para-hydroxylation sites is 1. The maximum Gasteiger partial charge on any atom is 0.324 e. The summed E-state index contributed by atoms with van der Waals surface area (Å²) in [7, 11) is 0. The van der Waals surface area contributed by atoms with Gasteiger partial charge in [-0.25, -0.2) is 4.72 Å². The Morgan fingerprint density at radius 3 is 2.03 bits per heavy atom. The number of nitrogens with zero attached hydrogens (tertiary/aromatic N) is 1. The van der Waals surface area contributed by atoms with E-state index in [1.807, 2.05) is 0 Å². The van der Waals surface area contributed by atoms with E-state index in [9.17, 15) is 20.0 Å². The van der Waals surface area contributed by atoms with Gasteiger partial charge >= 0.3 is 5.97 Å². The summed E-state index contributed by atoms with van der Waals surface area (Å²) in [5.41, 5.74) is -0.121. The van der Waals surface area contributed by atoms with E-state index in [0.717, 1.165) is 24.0 Å². The molecule has 2 aliphatic rings. The van der Waals surface area contributed by atoms with Gasteiger partial charge in [0.2, 0.25) is 0 Å². The number of rotatable bonds is 8. The first-order chi connectivity index (χ1) is 14.9. The zero-order valence-corrected chi connectivity index (χ0v) is 19.0. The van der Waals surface area contributed by atoms with Crippen LogP contribution in [0.25, 0.3) is 0 Å². The molecule has 2 atom stereocenters. The lowest BCUT2D eigenvalue weighted by Crippen LogP contribution is -2.41. The zero-order valence-electron chi connectivity index (χ0n) is 18.2. The minimum absolute atomic E-state index is 0.121. The van der Waals surface area contributed by atoms with Crippen molar-refractivity contribution in [1.82, 2.24) is 10.0 Å². The van der Waals surface area contributed by atoms with E-state index in [1.165, 1.54) is 89.3 Å². The highest BCUT2D eigenvalue weighted by molar-refractivity contribution is 7.97. The Balaban J connectivity index is 0.000000231. The topological polar surface area (TPSA) is 125 Å². The Kier molecular flexibility index (Phi) is 11.3. The summed E-state index contributed by atoms with van der Waals surface area (Å²) in [4.78, 5) is 21.3. The molecule has 9 heteroatoms. The summed E-state index contributed by atoms with van der Waals surface area (Å²) in [6, 6.07) is 6.49. The Bertz CT molecular complexity index is 675. The lowest BCUT2D eigenvalue weighted by atomic mass is 9.91. The maximum atomic E-state index is 10.8. The van der Waals surface area contributed by atoms with Crippen molar-refractivity contribution >= 4 is 23.6 Å². The van der Waals surface area contributed by atoms with E-state index >= 15 is 0 Å². The fourth-order valence-electron chi connectivity index (χ4n) is 4.05. The minimum atomic E-state index is -1.23. The summed E-state index contributed by atoms with van der Waals surface area (Å²) >= 11 is 0.808. The van der Waals surface area contributed by atoms with E-state index in [0.29, 0.717) is 0 Å². The van der Waals surface area contributed by atoms with E-state index in [2.05, 4.69) is 10.0 Å². The first-order valence-electron chi connectivity index (χ1n) is 11.2. The number of nitro benzene ring substituents is 1. The molecule has 0 aromatic heterocycles. The standard InChI is InChI=1S/C12H23N.C10H12N2O5S/c1-3-7-11(8-4-1)13-12-9-5-2-6-10-12;1-6(13)9(10(14)15)11-18-8-5-3-2-4-7(8)12(16)17/h11-13H,1-10H2;2-6,9,11,13H,1H3,(H,14,15). The molecule has 1 aromatic carbocycles. The predicted octanol–water partition coefficient (Wildman–Crippen LogP) is 4.27. The molecule has 174 valence electrons. The second kappa shape index (κ2) is 13.7. The van der Waals surface area contributed by atoms with Crippen LogP contribution in [0.1, 0.15) is 71.1 Å². The van der Waals surface area contributed by atoms with Crippen LogP contribution in [0, 0.1) is 10.1 Å². The van der Waals surface area contributed by atoms with Gasteiger partial charge in [-0.3, -0.25) is 14.9 Å². The molecule has 0 aliphatic heterocycles. The molecule has 4 N–H and O–H groups in total. The second-order valence-electron chi connectivity index (χ2n) is 8.34. The molecule has 0 amide bonds. The predicted molar refractivity (Wildman–Crippen MR) is 122 cm³/mol. The molecule has 0 heterocycles. The van der Waals surface area contributed by atoms with Gasteiger partial charge in [-0.05, 0) is 50.6 Å². The molecule has 3 rings (SSSR count). The molecule has 0 bridgehead atoms. The normalized spacial score (nSPS) is 19.7. The van der Waals surface area contributed by atoms with E-state index in [4.69, 9.17) is 5.11 Å². The highest BCUT2D eigenvalue weighted by atomic mass is 32.2. The number of nitro groups is 1. The lowest BCUT2D eigenvalue weighted by Gasteiger charge is -2.30. The number of hydrogen-bond acceptors (Lipinski definition) is 7. The first kappa shape index (κ1) is 25.6. The molecule has 0 spiro atoms. The van der Waals surface area contributed by atoms with Gasteiger partial charge < -0.3 is 15.5 Å². The summed E-state index contributed by atoms with van der Waals surface area (Å²) in [6.45, 7) is 1.33. The Morgan fingerprint density at radius 2 is 1.58 bits per heavy atom. The Hall–Kier alpha value is -1.68. The molecule has 2 unspecified atom stereocenters. The highest BCUT2D eigenvalue weighted by Gasteiger charge is 2.24. The molecule has 31 heavy (non-hydrogen) atoms.